The Hall–Kier alpha value is -0.260. The van der Waals surface area contributed by atoms with Crippen LogP contribution in [0, 0.1) is 5.92 Å². The van der Waals surface area contributed by atoms with Crippen LogP contribution < -0.4 is 10.6 Å². The van der Waals surface area contributed by atoms with Gasteiger partial charge < -0.3 is 10.1 Å². The molecule has 0 bridgehead atoms. The summed E-state index contributed by atoms with van der Waals surface area (Å²) in [5.41, 5.74) is 0. The number of carbonyl (C=O) groups is 1. The third-order valence-electron chi connectivity index (χ3n) is 2.89. The van der Waals surface area contributed by atoms with E-state index in [-0.39, 0.29) is 18.1 Å². The van der Waals surface area contributed by atoms with Gasteiger partial charge in [0.25, 0.3) is 0 Å². The van der Waals surface area contributed by atoms with Gasteiger partial charge in [-0.3, -0.25) is 10.1 Å². The van der Waals surface area contributed by atoms with E-state index < -0.39 is 0 Å². The number of ether oxygens (including phenoxy) is 1. The molecule has 1 fully saturated rings. The zero-order valence-corrected chi connectivity index (χ0v) is 11.8. The van der Waals surface area contributed by atoms with Crippen LogP contribution >= 0.6 is 11.8 Å². The second-order valence-electron chi connectivity index (χ2n) is 4.59. The van der Waals surface area contributed by atoms with E-state index >= 15 is 0 Å². The minimum atomic E-state index is -0.00964. The first-order chi connectivity index (χ1) is 8.15. The summed E-state index contributed by atoms with van der Waals surface area (Å²) in [6, 6.07) is -0.00964. The Morgan fingerprint density at radius 3 is 2.88 bits per heavy atom. The third-order valence-corrected chi connectivity index (χ3v) is 3.83. The summed E-state index contributed by atoms with van der Waals surface area (Å²) < 4.78 is 5.64. The molecule has 1 amide bonds. The first kappa shape index (κ1) is 14.8. The number of amides is 1. The van der Waals surface area contributed by atoms with Crippen molar-refractivity contribution in [1.82, 2.24) is 10.6 Å². The minimum absolute atomic E-state index is 0.00964. The molecule has 2 N–H and O–H groups in total. The largest absolute Gasteiger partial charge is 0.378 e. The van der Waals surface area contributed by atoms with E-state index in [1.165, 1.54) is 0 Å². The molecule has 1 aliphatic heterocycles. The van der Waals surface area contributed by atoms with Gasteiger partial charge in [-0.15, -0.1) is 11.8 Å². The zero-order chi connectivity index (χ0) is 12.7. The van der Waals surface area contributed by atoms with E-state index in [4.69, 9.17) is 4.74 Å². The minimum Gasteiger partial charge on any atom is -0.378 e. The number of thioether (sulfide) groups is 1. The van der Waals surface area contributed by atoms with Gasteiger partial charge in [-0.1, -0.05) is 13.8 Å². The average Bonchev–Trinajstić information content (AvgIpc) is 2.81. The van der Waals surface area contributed by atoms with E-state index in [2.05, 4.69) is 24.5 Å². The maximum absolute atomic E-state index is 11.7. The normalized spacial score (nSPS) is 21.8. The lowest BCUT2D eigenvalue weighted by atomic mass is 10.0. The van der Waals surface area contributed by atoms with Gasteiger partial charge in [-0.05, 0) is 19.3 Å². The van der Waals surface area contributed by atoms with Gasteiger partial charge in [0.2, 0.25) is 5.91 Å². The van der Waals surface area contributed by atoms with Crippen LogP contribution in [0.2, 0.25) is 0 Å². The highest BCUT2D eigenvalue weighted by molar-refractivity contribution is 7.99. The van der Waals surface area contributed by atoms with Crippen LogP contribution in [0.3, 0.4) is 0 Å². The summed E-state index contributed by atoms with van der Waals surface area (Å²) in [5, 5.41) is 6.14. The van der Waals surface area contributed by atoms with E-state index in [0.717, 1.165) is 24.7 Å². The van der Waals surface area contributed by atoms with Gasteiger partial charge in [0.1, 0.15) is 0 Å². The standard InChI is InChI=1S/C12H24N2O2S/c1-4-16-11(9(2)3)5-6-13-12(15)10-7-17-8-14-10/h9-11,14H,4-8H2,1-3H3,(H,13,15). The molecule has 4 nitrogen and oxygen atoms in total. The van der Waals surface area contributed by atoms with Gasteiger partial charge in [-0.25, -0.2) is 0 Å². The third kappa shape index (κ3) is 5.27. The lowest BCUT2D eigenvalue weighted by molar-refractivity contribution is -0.122. The Bertz CT molecular complexity index is 231. The molecular weight excluding hydrogens is 236 g/mol. The van der Waals surface area contributed by atoms with Gasteiger partial charge in [-0.2, -0.15) is 0 Å². The quantitative estimate of drug-likeness (QED) is 0.722. The van der Waals surface area contributed by atoms with Crippen molar-refractivity contribution in [3.8, 4) is 0 Å². The van der Waals surface area contributed by atoms with E-state index in [1.54, 1.807) is 11.8 Å². The first-order valence-electron chi connectivity index (χ1n) is 6.35. The van der Waals surface area contributed by atoms with Gasteiger partial charge in [0.05, 0.1) is 12.1 Å². The molecule has 0 aromatic heterocycles. The molecule has 1 rings (SSSR count). The second kappa shape index (κ2) is 7.95. The van der Waals surface area contributed by atoms with Crippen LogP contribution in [0.1, 0.15) is 27.2 Å². The lowest BCUT2D eigenvalue weighted by Crippen LogP contribution is -2.43. The summed E-state index contributed by atoms with van der Waals surface area (Å²) in [5.74, 6) is 2.37. The van der Waals surface area contributed by atoms with Crippen LogP contribution in [0.4, 0.5) is 0 Å². The van der Waals surface area contributed by atoms with E-state index in [9.17, 15) is 4.79 Å². The molecule has 0 aromatic carbocycles. The summed E-state index contributed by atoms with van der Waals surface area (Å²) in [6.45, 7) is 7.74. The van der Waals surface area contributed by atoms with Gasteiger partial charge >= 0.3 is 0 Å². The van der Waals surface area contributed by atoms with Gasteiger partial charge in [0, 0.05) is 24.8 Å². The van der Waals surface area contributed by atoms with Crippen molar-refractivity contribution in [3.63, 3.8) is 0 Å². The van der Waals surface area contributed by atoms with Crippen LogP contribution in [-0.4, -0.2) is 42.8 Å². The Labute approximate surface area is 108 Å². The van der Waals surface area contributed by atoms with Crippen molar-refractivity contribution in [2.24, 2.45) is 5.92 Å². The highest BCUT2D eigenvalue weighted by atomic mass is 32.2. The fourth-order valence-corrected chi connectivity index (χ4v) is 2.79. The molecule has 2 unspecified atom stereocenters. The highest BCUT2D eigenvalue weighted by Gasteiger charge is 2.22. The summed E-state index contributed by atoms with van der Waals surface area (Å²) >= 11 is 1.77. The fourth-order valence-electron chi connectivity index (χ4n) is 1.85. The Kier molecular flexibility index (Phi) is 6.92. The molecule has 2 atom stereocenters. The van der Waals surface area contributed by atoms with Crippen molar-refractivity contribution in [3.05, 3.63) is 0 Å². The zero-order valence-electron chi connectivity index (χ0n) is 11.0. The van der Waals surface area contributed by atoms with Crippen LogP contribution in [0.25, 0.3) is 0 Å². The van der Waals surface area contributed by atoms with Crippen LogP contribution in [0.5, 0.6) is 0 Å². The monoisotopic (exact) mass is 260 g/mol. The lowest BCUT2D eigenvalue weighted by Gasteiger charge is -2.21. The summed E-state index contributed by atoms with van der Waals surface area (Å²) in [7, 11) is 0. The number of rotatable bonds is 7. The summed E-state index contributed by atoms with van der Waals surface area (Å²) in [4.78, 5) is 11.7. The molecule has 17 heavy (non-hydrogen) atoms. The predicted molar refractivity (Wildman–Crippen MR) is 72.1 cm³/mol. The smallest absolute Gasteiger partial charge is 0.238 e. The van der Waals surface area contributed by atoms with Crippen molar-refractivity contribution < 1.29 is 9.53 Å². The number of carbonyl (C=O) groups excluding carboxylic acids is 1. The molecule has 1 aliphatic rings. The van der Waals surface area contributed by atoms with E-state index in [1.807, 2.05) is 6.92 Å². The Morgan fingerprint density at radius 2 is 2.35 bits per heavy atom. The molecule has 0 spiro atoms. The van der Waals surface area contributed by atoms with Crippen molar-refractivity contribution in [2.75, 3.05) is 24.8 Å². The Morgan fingerprint density at radius 1 is 1.59 bits per heavy atom. The topological polar surface area (TPSA) is 50.4 Å². The fraction of sp³-hybridized carbons (Fsp3) is 0.917. The first-order valence-corrected chi connectivity index (χ1v) is 7.51. The Balaban J connectivity index is 2.18. The maximum Gasteiger partial charge on any atom is 0.238 e. The molecule has 1 saturated heterocycles. The summed E-state index contributed by atoms with van der Waals surface area (Å²) in [6.07, 6.45) is 1.13. The highest BCUT2D eigenvalue weighted by Crippen LogP contribution is 2.11. The predicted octanol–water partition coefficient (Wildman–Crippen LogP) is 1.22. The van der Waals surface area contributed by atoms with Crippen LogP contribution in [-0.2, 0) is 9.53 Å². The van der Waals surface area contributed by atoms with Gasteiger partial charge in [0.15, 0.2) is 0 Å². The number of hydrogen-bond donors (Lipinski definition) is 2. The molecule has 0 radical (unpaired) electrons. The molecule has 100 valence electrons. The SMILES string of the molecule is CCOC(CCNC(=O)C1CSCN1)C(C)C. The number of hydrogen-bond acceptors (Lipinski definition) is 4. The number of nitrogens with one attached hydrogen (secondary N) is 2. The van der Waals surface area contributed by atoms with E-state index in [0.29, 0.717) is 12.5 Å². The van der Waals surface area contributed by atoms with Crippen molar-refractivity contribution in [2.45, 2.75) is 39.3 Å². The molecule has 0 aromatic rings. The average molecular weight is 260 g/mol. The molecule has 0 saturated carbocycles. The molecule has 5 heteroatoms. The molecule has 0 aliphatic carbocycles. The maximum atomic E-state index is 11.7. The second-order valence-corrected chi connectivity index (χ2v) is 5.62. The molecular formula is C12H24N2O2S. The van der Waals surface area contributed by atoms with Crippen LogP contribution in [0.15, 0.2) is 0 Å². The van der Waals surface area contributed by atoms with Crippen molar-refractivity contribution >= 4 is 17.7 Å². The molecule has 1 heterocycles. The van der Waals surface area contributed by atoms with Crippen molar-refractivity contribution in [1.29, 1.82) is 0 Å².